The first kappa shape index (κ1) is 18.0. The van der Waals surface area contributed by atoms with Gasteiger partial charge >= 0.3 is 0 Å². The van der Waals surface area contributed by atoms with Crippen molar-refractivity contribution < 1.29 is 0 Å². The molecule has 0 radical (unpaired) electrons. The average molecular weight is 269 g/mol. The van der Waals surface area contributed by atoms with E-state index in [-0.39, 0.29) is 0 Å². The normalized spacial score (nSPS) is 14.4. The quantitative estimate of drug-likeness (QED) is 0.457. The highest BCUT2D eigenvalue weighted by Gasteiger charge is 2.32. The molecule has 0 saturated heterocycles. The summed E-state index contributed by atoms with van der Waals surface area (Å²) in [5.41, 5.74) is 4.30. The Kier molecular flexibility index (Phi) is 7.50. The van der Waals surface area contributed by atoms with Gasteiger partial charge in [-0.05, 0) is 24.3 Å². The topological polar surface area (TPSA) is 0 Å². The molecule has 0 heterocycles. The maximum Gasteiger partial charge on any atom is 0.0769 e. The van der Waals surface area contributed by atoms with Crippen molar-refractivity contribution in [3.8, 4) is 0 Å². The van der Waals surface area contributed by atoms with E-state index in [0.717, 1.165) is 5.92 Å². The number of hydrogen-bond donors (Lipinski definition) is 0. The maximum atomic E-state index is 2.66. The second kappa shape index (κ2) is 7.52. The van der Waals surface area contributed by atoms with Gasteiger partial charge in [0.25, 0.3) is 0 Å². The van der Waals surface area contributed by atoms with Gasteiger partial charge in [0.15, 0.2) is 0 Å². The van der Waals surface area contributed by atoms with Gasteiger partial charge in [-0.15, -0.1) is 0 Å². The van der Waals surface area contributed by atoms with Crippen molar-refractivity contribution in [2.75, 3.05) is 0 Å². The van der Waals surface area contributed by atoms with Gasteiger partial charge < -0.3 is 0 Å². The SMILES string of the molecule is CCCC(CCC)C/C(C)=C/[Si](C)(C)C(C)(C)C. The second-order valence-corrected chi connectivity index (χ2v) is 12.8. The Hall–Kier alpha value is -0.0431. The van der Waals surface area contributed by atoms with E-state index in [0.29, 0.717) is 5.04 Å². The van der Waals surface area contributed by atoms with Crippen molar-refractivity contribution in [3.05, 3.63) is 11.3 Å². The average Bonchev–Trinajstić information content (AvgIpc) is 2.15. The minimum atomic E-state index is -1.24. The molecule has 18 heavy (non-hydrogen) atoms. The lowest BCUT2D eigenvalue weighted by Gasteiger charge is -2.35. The molecule has 0 saturated carbocycles. The first-order valence-corrected chi connectivity index (χ1v) is 10.9. The Morgan fingerprint density at radius 2 is 1.50 bits per heavy atom. The van der Waals surface area contributed by atoms with Gasteiger partial charge in [-0.25, -0.2) is 0 Å². The van der Waals surface area contributed by atoms with Crippen molar-refractivity contribution >= 4 is 8.07 Å². The molecule has 0 N–H and O–H groups in total. The minimum absolute atomic E-state index is 0.471. The Morgan fingerprint density at radius 1 is 1.06 bits per heavy atom. The summed E-state index contributed by atoms with van der Waals surface area (Å²) in [6.45, 7) is 19.2. The molecule has 108 valence electrons. The predicted molar refractivity (Wildman–Crippen MR) is 88.9 cm³/mol. The zero-order valence-electron chi connectivity index (χ0n) is 14.2. The molecule has 0 aliphatic rings. The summed E-state index contributed by atoms with van der Waals surface area (Å²) < 4.78 is 0. The molecule has 0 atom stereocenters. The standard InChI is InChI=1S/C17H36Si/c1-9-11-16(12-10-2)13-15(3)14-18(7,8)17(4,5)6/h14,16H,9-13H2,1-8H3/b15-14+. The smallest absolute Gasteiger partial charge is 0.0769 e. The molecule has 0 amide bonds. The Labute approximate surface area is 117 Å². The van der Waals surface area contributed by atoms with Crippen LogP contribution in [0.3, 0.4) is 0 Å². The van der Waals surface area contributed by atoms with Crippen molar-refractivity contribution in [2.45, 2.75) is 91.8 Å². The molecule has 0 aromatic heterocycles. The van der Waals surface area contributed by atoms with Gasteiger partial charge in [0.05, 0.1) is 8.07 Å². The molecule has 0 spiro atoms. The van der Waals surface area contributed by atoms with Gasteiger partial charge in [-0.3, -0.25) is 0 Å². The van der Waals surface area contributed by atoms with E-state index in [1.807, 2.05) is 0 Å². The summed E-state index contributed by atoms with van der Waals surface area (Å²) in [5.74, 6) is 0.918. The van der Waals surface area contributed by atoms with Gasteiger partial charge in [0, 0.05) is 0 Å². The predicted octanol–water partition coefficient (Wildman–Crippen LogP) is 6.59. The minimum Gasteiger partial charge on any atom is -0.0953 e. The summed E-state index contributed by atoms with van der Waals surface area (Å²) in [6.07, 6.45) is 6.79. The van der Waals surface area contributed by atoms with Gasteiger partial charge in [-0.2, -0.15) is 0 Å². The van der Waals surface area contributed by atoms with Crippen LogP contribution in [0.1, 0.15) is 73.6 Å². The molecule has 0 aromatic carbocycles. The van der Waals surface area contributed by atoms with E-state index in [1.165, 1.54) is 32.1 Å². The molecule has 0 aliphatic carbocycles. The third-order valence-corrected chi connectivity index (χ3v) is 9.63. The van der Waals surface area contributed by atoms with Crippen molar-refractivity contribution in [2.24, 2.45) is 5.92 Å². The third kappa shape index (κ3) is 6.22. The highest BCUT2D eigenvalue weighted by atomic mass is 28.3. The second-order valence-electron chi connectivity index (χ2n) is 7.61. The summed E-state index contributed by atoms with van der Waals surface area (Å²) in [6, 6.07) is 0. The van der Waals surface area contributed by atoms with E-state index >= 15 is 0 Å². The van der Waals surface area contributed by atoms with Gasteiger partial charge in [0.2, 0.25) is 0 Å². The van der Waals surface area contributed by atoms with Crippen LogP contribution in [-0.2, 0) is 0 Å². The number of rotatable bonds is 7. The summed E-state index contributed by atoms with van der Waals surface area (Å²) >= 11 is 0. The van der Waals surface area contributed by atoms with Crippen LogP contribution in [0.5, 0.6) is 0 Å². The first-order valence-electron chi connectivity index (χ1n) is 7.82. The number of allylic oxidation sites excluding steroid dienone is 1. The molecule has 0 unspecified atom stereocenters. The van der Waals surface area contributed by atoms with Crippen LogP contribution in [-0.4, -0.2) is 8.07 Å². The largest absolute Gasteiger partial charge is 0.0953 e. The summed E-state index contributed by atoms with van der Waals surface area (Å²) in [7, 11) is -1.24. The molecule has 0 fully saturated rings. The molecule has 0 rings (SSSR count). The van der Waals surface area contributed by atoms with Crippen LogP contribution in [0.2, 0.25) is 18.1 Å². The molecule has 1 heteroatoms. The lowest BCUT2D eigenvalue weighted by Crippen LogP contribution is -2.35. The lowest BCUT2D eigenvalue weighted by atomic mass is 9.92. The molecule has 0 aliphatic heterocycles. The highest BCUT2D eigenvalue weighted by Crippen LogP contribution is 2.38. The van der Waals surface area contributed by atoms with E-state index in [2.05, 4.69) is 60.3 Å². The third-order valence-electron chi connectivity index (χ3n) is 4.54. The van der Waals surface area contributed by atoms with E-state index < -0.39 is 8.07 Å². The van der Waals surface area contributed by atoms with Crippen LogP contribution in [0.25, 0.3) is 0 Å². The molecule has 0 aromatic rings. The van der Waals surface area contributed by atoms with Crippen molar-refractivity contribution in [1.29, 1.82) is 0 Å². The van der Waals surface area contributed by atoms with Gasteiger partial charge in [0.1, 0.15) is 0 Å². The van der Waals surface area contributed by atoms with E-state index in [4.69, 9.17) is 0 Å². The van der Waals surface area contributed by atoms with Crippen LogP contribution in [0.15, 0.2) is 11.3 Å². The van der Waals surface area contributed by atoms with Crippen LogP contribution in [0, 0.1) is 5.92 Å². The van der Waals surface area contributed by atoms with Crippen molar-refractivity contribution in [3.63, 3.8) is 0 Å². The van der Waals surface area contributed by atoms with Crippen LogP contribution < -0.4 is 0 Å². The summed E-state index contributed by atoms with van der Waals surface area (Å²) in [4.78, 5) is 0. The van der Waals surface area contributed by atoms with Crippen LogP contribution >= 0.6 is 0 Å². The lowest BCUT2D eigenvalue weighted by molar-refractivity contribution is 0.437. The molecule has 0 bridgehead atoms. The zero-order valence-corrected chi connectivity index (χ0v) is 15.2. The Bertz CT molecular complexity index is 249. The fourth-order valence-corrected chi connectivity index (χ4v) is 4.29. The maximum absolute atomic E-state index is 2.66. The molecular formula is C17H36Si. The fraction of sp³-hybridized carbons (Fsp3) is 0.882. The first-order chi connectivity index (χ1) is 8.14. The van der Waals surface area contributed by atoms with E-state index in [1.54, 1.807) is 5.57 Å². The zero-order chi connectivity index (χ0) is 14.4. The highest BCUT2D eigenvalue weighted by molar-refractivity contribution is 6.84. The fourth-order valence-electron chi connectivity index (χ4n) is 2.51. The van der Waals surface area contributed by atoms with Crippen molar-refractivity contribution in [1.82, 2.24) is 0 Å². The van der Waals surface area contributed by atoms with Crippen LogP contribution in [0.4, 0.5) is 0 Å². The van der Waals surface area contributed by atoms with E-state index in [9.17, 15) is 0 Å². The summed E-state index contributed by atoms with van der Waals surface area (Å²) in [5, 5.41) is 0.471. The monoisotopic (exact) mass is 268 g/mol. The molecule has 0 nitrogen and oxygen atoms in total. The van der Waals surface area contributed by atoms with Gasteiger partial charge in [-0.1, -0.05) is 84.7 Å². The molecular weight excluding hydrogens is 232 g/mol. The Balaban J connectivity index is 4.67. The Morgan fingerprint density at radius 3 is 1.83 bits per heavy atom. The number of hydrogen-bond acceptors (Lipinski definition) is 0.